The number of rotatable bonds is 2. The number of hydrogen-bond donors (Lipinski definition) is 1. The Kier molecular flexibility index (Phi) is 3.14. The van der Waals surface area contributed by atoms with Crippen LogP contribution in [0, 0.1) is 11.6 Å². The van der Waals surface area contributed by atoms with Crippen molar-refractivity contribution < 1.29 is 8.78 Å². The first-order chi connectivity index (χ1) is 7.68. The van der Waals surface area contributed by atoms with Crippen LogP contribution in [0.3, 0.4) is 0 Å². The highest BCUT2D eigenvalue weighted by Crippen LogP contribution is 2.26. The van der Waals surface area contributed by atoms with Crippen LogP contribution >= 0.6 is 15.9 Å². The lowest BCUT2D eigenvalue weighted by Crippen LogP contribution is -1.99. The Labute approximate surface area is 99.5 Å². The van der Waals surface area contributed by atoms with Gasteiger partial charge in [-0.2, -0.15) is 0 Å². The van der Waals surface area contributed by atoms with Crippen LogP contribution in [0.25, 0.3) is 0 Å². The average molecular weight is 285 g/mol. The van der Waals surface area contributed by atoms with E-state index in [0.29, 0.717) is 10.3 Å². The zero-order chi connectivity index (χ0) is 11.5. The second-order valence-electron chi connectivity index (χ2n) is 3.06. The highest BCUT2D eigenvalue weighted by atomic mass is 79.9. The van der Waals surface area contributed by atoms with E-state index in [2.05, 4.69) is 26.2 Å². The molecule has 0 unspecified atom stereocenters. The van der Waals surface area contributed by atoms with Crippen molar-refractivity contribution in [3.63, 3.8) is 0 Å². The van der Waals surface area contributed by atoms with Crippen molar-refractivity contribution in [3.05, 3.63) is 52.6 Å². The highest BCUT2D eigenvalue weighted by Gasteiger charge is 2.10. The maximum atomic E-state index is 13.3. The monoisotopic (exact) mass is 284 g/mol. The standard InChI is InChI=1S/C11H7BrF2N2/c12-7-3-2-6-15-11(7)16-10-8(13)4-1-5-9(10)14/h1-6H,(H,15,16). The number of aromatic nitrogens is 1. The van der Waals surface area contributed by atoms with Crippen molar-refractivity contribution >= 4 is 27.4 Å². The molecule has 2 aromatic rings. The second kappa shape index (κ2) is 4.57. The summed E-state index contributed by atoms with van der Waals surface area (Å²) in [4.78, 5) is 3.96. The summed E-state index contributed by atoms with van der Waals surface area (Å²) in [6.07, 6.45) is 1.53. The number of benzene rings is 1. The molecule has 0 aliphatic rings. The lowest BCUT2D eigenvalue weighted by molar-refractivity contribution is 0.590. The number of anilines is 2. The minimum absolute atomic E-state index is 0.207. The van der Waals surface area contributed by atoms with Gasteiger partial charge in [0.05, 0.1) is 4.47 Å². The van der Waals surface area contributed by atoms with Crippen molar-refractivity contribution in [2.75, 3.05) is 5.32 Å². The Morgan fingerprint density at radius 1 is 1.06 bits per heavy atom. The van der Waals surface area contributed by atoms with Crippen molar-refractivity contribution in [3.8, 4) is 0 Å². The number of pyridine rings is 1. The maximum absolute atomic E-state index is 13.3. The Morgan fingerprint density at radius 2 is 1.75 bits per heavy atom. The van der Waals surface area contributed by atoms with Crippen molar-refractivity contribution in [1.82, 2.24) is 4.98 Å². The average Bonchev–Trinajstić information content (AvgIpc) is 2.26. The predicted octanol–water partition coefficient (Wildman–Crippen LogP) is 3.87. The number of nitrogens with one attached hydrogen (secondary N) is 1. The van der Waals surface area contributed by atoms with E-state index in [0.717, 1.165) is 0 Å². The quantitative estimate of drug-likeness (QED) is 0.906. The molecular weight excluding hydrogens is 278 g/mol. The molecule has 1 aromatic heterocycles. The number of para-hydroxylation sites is 1. The largest absolute Gasteiger partial charge is 0.334 e. The molecule has 82 valence electrons. The number of nitrogens with zero attached hydrogens (tertiary/aromatic N) is 1. The van der Waals surface area contributed by atoms with Gasteiger partial charge in [-0.1, -0.05) is 6.07 Å². The van der Waals surface area contributed by atoms with Crippen LogP contribution in [-0.2, 0) is 0 Å². The molecule has 1 aromatic carbocycles. The fourth-order valence-corrected chi connectivity index (χ4v) is 1.57. The molecule has 2 rings (SSSR count). The molecule has 0 aliphatic heterocycles. The van der Waals surface area contributed by atoms with Crippen LogP contribution in [0.5, 0.6) is 0 Å². The minimum Gasteiger partial charge on any atom is -0.334 e. The Morgan fingerprint density at radius 3 is 2.38 bits per heavy atom. The molecule has 0 saturated heterocycles. The van der Waals surface area contributed by atoms with E-state index in [-0.39, 0.29) is 5.69 Å². The predicted molar refractivity (Wildman–Crippen MR) is 61.6 cm³/mol. The van der Waals surface area contributed by atoms with Crippen LogP contribution in [0.15, 0.2) is 41.0 Å². The summed E-state index contributed by atoms with van der Waals surface area (Å²) in [6, 6.07) is 7.12. The van der Waals surface area contributed by atoms with E-state index in [1.54, 1.807) is 12.1 Å². The van der Waals surface area contributed by atoms with Crippen LogP contribution in [-0.4, -0.2) is 4.98 Å². The minimum atomic E-state index is -0.655. The Hall–Kier alpha value is -1.49. The molecule has 1 N–H and O–H groups in total. The molecule has 0 radical (unpaired) electrons. The second-order valence-corrected chi connectivity index (χ2v) is 3.91. The summed E-state index contributed by atoms with van der Waals surface area (Å²) >= 11 is 3.23. The Balaban J connectivity index is 2.38. The molecule has 0 fully saturated rings. The van der Waals surface area contributed by atoms with Gasteiger partial charge in [0.15, 0.2) is 0 Å². The third-order valence-electron chi connectivity index (χ3n) is 1.96. The molecular formula is C11H7BrF2N2. The fraction of sp³-hybridized carbons (Fsp3) is 0. The molecule has 0 bridgehead atoms. The molecule has 16 heavy (non-hydrogen) atoms. The molecule has 0 atom stereocenters. The summed E-state index contributed by atoms with van der Waals surface area (Å²) in [5, 5.41) is 2.60. The molecule has 5 heteroatoms. The summed E-state index contributed by atoms with van der Waals surface area (Å²) in [7, 11) is 0. The zero-order valence-corrected chi connectivity index (χ0v) is 9.63. The van der Waals surface area contributed by atoms with E-state index in [4.69, 9.17) is 0 Å². The molecule has 0 saturated carbocycles. The highest BCUT2D eigenvalue weighted by molar-refractivity contribution is 9.10. The lowest BCUT2D eigenvalue weighted by atomic mass is 10.3. The van der Waals surface area contributed by atoms with Gasteiger partial charge in [-0.25, -0.2) is 13.8 Å². The van der Waals surface area contributed by atoms with Gasteiger partial charge in [0.1, 0.15) is 23.1 Å². The van der Waals surface area contributed by atoms with E-state index in [1.165, 1.54) is 24.4 Å². The van der Waals surface area contributed by atoms with Crippen molar-refractivity contribution in [1.29, 1.82) is 0 Å². The maximum Gasteiger partial charge on any atom is 0.149 e. The topological polar surface area (TPSA) is 24.9 Å². The van der Waals surface area contributed by atoms with E-state index in [9.17, 15) is 8.78 Å². The fourth-order valence-electron chi connectivity index (χ4n) is 1.21. The van der Waals surface area contributed by atoms with E-state index in [1.807, 2.05) is 0 Å². The number of halogens is 3. The summed E-state index contributed by atoms with van der Waals surface area (Å²) < 4.78 is 27.3. The first-order valence-corrected chi connectivity index (χ1v) is 5.29. The van der Waals surface area contributed by atoms with Gasteiger partial charge in [-0.3, -0.25) is 0 Å². The van der Waals surface area contributed by atoms with Gasteiger partial charge < -0.3 is 5.32 Å². The van der Waals surface area contributed by atoms with Gasteiger partial charge >= 0.3 is 0 Å². The van der Waals surface area contributed by atoms with Crippen LogP contribution in [0.2, 0.25) is 0 Å². The molecule has 2 nitrogen and oxygen atoms in total. The van der Waals surface area contributed by atoms with Gasteiger partial charge in [-0.05, 0) is 40.2 Å². The first-order valence-electron chi connectivity index (χ1n) is 4.50. The van der Waals surface area contributed by atoms with Crippen LogP contribution in [0.4, 0.5) is 20.3 Å². The van der Waals surface area contributed by atoms with Gasteiger partial charge in [-0.15, -0.1) is 0 Å². The third-order valence-corrected chi connectivity index (χ3v) is 2.60. The van der Waals surface area contributed by atoms with Gasteiger partial charge in [0.2, 0.25) is 0 Å². The van der Waals surface area contributed by atoms with E-state index >= 15 is 0 Å². The van der Waals surface area contributed by atoms with Gasteiger partial charge in [0, 0.05) is 6.20 Å². The Bertz CT molecular complexity index is 497. The van der Waals surface area contributed by atoms with Crippen LogP contribution in [0.1, 0.15) is 0 Å². The van der Waals surface area contributed by atoms with Crippen molar-refractivity contribution in [2.45, 2.75) is 0 Å². The normalized spacial score (nSPS) is 10.2. The molecule has 0 amide bonds. The molecule has 0 aliphatic carbocycles. The summed E-state index contributed by atoms with van der Waals surface area (Å²) in [5.74, 6) is -0.943. The molecule has 0 spiro atoms. The molecule has 1 heterocycles. The zero-order valence-electron chi connectivity index (χ0n) is 8.05. The van der Waals surface area contributed by atoms with E-state index < -0.39 is 11.6 Å². The first kappa shape index (κ1) is 11.0. The third kappa shape index (κ3) is 2.19. The summed E-state index contributed by atoms with van der Waals surface area (Å²) in [6.45, 7) is 0. The smallest absolute Gasteiger partial charge is 0.149 e. The van der Waals surface area contributed by atoms with Crippen LogP contribution < -0.4 is 5.32 Å². The van der Waals surface area contributed by atoms with Gasteiger partial charge in [0.25, 0.3) is 0 Å². The SMILES string of the molecule is Fc1cccc(F)c1Nc1ncccc1Br. The summed E-state index contributed by atoms with van der Waals surface area (Å²) in [5.41, 5.74) is -0.207. The van der Waals surface area contributed by atoms with Crippen molar-refractivity contribution in [2.24, 2.45) is 0 Å². The lowest BCUT2D eigenvalue weighted by Gasteiger charge is -2.08. The number of hydrogen-bond acceptors (Lipinski definition) is 2.